The molecule has 3 aromatic rings. The van der Waals surface area contributed by atoms with Crippen molar-refractivity contribution in [2.75, 3.05) is 0 Å². The Labute approximate surface area is 130 Å². The van der Waals surface area contributed by atoms with Gasteiger partial charge in [0.25, 0.3) is 0 Å². The van der Waals surface area contributed by atoms with Crippen LogP contribution in [0, 0.1) is 5.82 Å². The summed E-state index contributed by atoms with van der Waals surface area (Å²) in [6.07, 6.45) is -4.35. The highest BCUT2D eigenvalue weighted by molar-refractivity contribution is 5.88. The van der Waals surface area contributed by atoms with Crippen LogP contribution in [-0.2, 0) is 12.8 Å². The zero-order chi connectivity index (χ0) is 16.4. The average Bonchev–Trinajstić information content (AvgIpc) is 2.54. The molecular formula is C18H12F4O. The number of ether oxygens (including phenoxy) is 1. The summed E-state index contributed by atoms with van der Waals surface area (Å²) >= 11 is 0. The van der Waals surface area contributed by atoms with Crippen LogP contribution >= 0.6 is 0 Å². The highest BCUT2D eigenvalue weighted by atomic mass is 19.4. The van der Waals surface area contributed by atoms with Crippen molar-refractivity contribution in [3.8, 4) is 5.75 Å². The van der Waals surface area contributed by atoms with E-state index >= 15 is 0 Å². The molecule has 0 aliphatic heterocycles. The van der Waals surface area contributed by atoms with E-state index in [-0.39, 0.29) is 12.4 Å². The molecule has 3 rings (SSSR count). The van der Waals surface area contributed by atoms with Crippen LogP contribution in [0.2, 0.25) is 0 Å². The maximum atomic E-state index is 13.7. The van der Waals surface area contributed by atoms with Gasteiger partial charge in [-0.25, -0.2) is 4.39 Å². The highest BCUT2D eigenvalue weighted by Crippen LogP contribution is 2.30. The SMILES string of the molecule is Fc1ccc(OCc2ccc(C(F)(F)F)cc2)c2ccccc12. The summed E-state index contributed by atoms with van der Waals surface area (Å²) in [5, 5.41) is 1.07. The number of hydrogen-bond donors (Lipinski definition) is 0. The summed E-state index contributed by atoms with van der Waals surface area (Å²) < 4.78 is 56.9. The van der Waals surface area contributed by atoms with Crippen LogP contribution in [0.3, 0.4) is 0 Å². The van der Waals surface area contributed by atoms with Gasteiger partial charge in [-0.15, -0.1) is 0 Å². The van der Waals surface area contributed by atoms with Gasteiger partial charge in [0.05, 0.1) is 5.56 Å². The van der Waals surface area contributed by atoms with E-state index in [0.29, 0.717) is 22.1 Å². The third-order valence-electron chi connectivity index (χ3n) is 3.51. The van der Waals surface area contributed by atoms with Gasteiger partial charge in [-0.3, -0.25) is 0 Å². The first-order chi connectivity index (χ1) is 10.9. The van der Waals surface area contributed by atoms with Gasteiger partial charge in [0.15, 0.2) is 0 Å². The molecule has 0 aromatic heterocycles. The fraction of sp³-hybridized carbons (Fsp3) is 0.111. The van der Waals surface area contributed by atoms with Crippen LogP contribution in [0.15, 0.2) is 60.7 Å². The second-order valence-electron chi connectivity index (χ2n) is 5.07. The standard InChI is InChI=1S/C18H12F4O/c19-16-9-10-17(15-4-2-1-3-14(15)16)23-11-12-5-7-13(8-6-12)18(20,21)22/h1-10H,11H2. The second kappa shape index (κ2) is 5.91. The Hall–Kier alpha value is -2.56. The monoisotopic (exact) mass is 320 g/mol. The van der Waals surface area contributed by atoms with E-state index in [2.05, 4.69) is 0 Å². The molecule has 5 heteroatoms. The van der Waals surface area contributed by atoms with Gasteiger partial charge in [0, 0.05) is 10.8 Å². The first-order valence-corrected chi connectivity index (χ1v) is 6.91. The molecule has 0 saturated heterocycles. The van der Waals surface area contributed by atoms with E-state index in [1.54, 1.807) is 24.3 Å². The quantitative estimate of drug-likeness (QED) is 0.573. The molecule has 0 N–H and O–H groups in total. The minimum absolute atomic E-state index is 0.105. The predicted molar refractivity (Wildman–Crippen MR) is 79.7 cm³/mol. The third kappa shape index (κ3) is 3.28. The van der Waals surface area contributed by atoms with Crippen LogP contribution in [-0.4, -0.2) is 0 Å². The summed E-state index contributed by atoms with van der Waals surface area (Å²) in [6, 6.07) is 14.5. The number of halogens is 4. The normalized spacial score (nSPS) is 11.7. The minimum Gasteiger partial charge on any atom is -0.488 e. The van der Waals surface area contributed by atoms with Gasteiger partial charge in [0.1, 0.15) is 18.2 Å². The van der Waals surface area contributed by atoms with E-state index in [9.17, 15) is 17.6 Å². The lowest BCUT2D eigenvalue weighted by molar-refractivity contribution is -0.137. The number of fused-ring (bicyclic) bond motifs is 1. The van der Waals surface area contributed by atoms with Crippen molar-refractivity contribution in [1.29, 1.82) is 0 Å². The predicted octanol–water partition coefficient (Wildman–Crippen LogP) is 5.58. The van der Waals surface area contributed by atoms with Crippen molar-refractivity contribution in [2.45, 2.75) is 12.8 Å². The first-order valence-electron chi connectivity index (χ1n) is 6.91. The topological polar surface area (TPSA) is 9.23 Å². The van der Waals surface area contributed by atoms with Crippen molar-refractivity contribution < 1.29 is 22.3 Å². The Bertz CT molecular complexity index is 823. The van der Waals surface area contributed by atoms with Crippen LogP contribution in [0.1, 0.15) is 11.1 Å². The number of hydrogen-bond acceptors (Lipinski definition) is 1. The summed E-state index contributed by atoms with van der Waals surface area (Å²) in [4.78, 5) is 0. The summed E-state index contributed by atoms with van der Waals surface area (Å²) in [6.45, 7) is 0.105. The zero-order valence-corrected chi connectivity index (χ0v) is 11.9. The number of alkyl halides is 3. The smallest absolute Gasteiger partial charge is 0.416 e. The molecule has 0 fully saturated rings. The molecule has 0 aliphatic carbocycles. The molecule has 0 amide bonds. The Morgan fingerprint density at radius 1 is 0.783 bits per heavy atom. The molecule has 0 atom stereocenters. The van der Waals surface area contributed by atoms with E-state index in [1.807, 2.05) is 0 Å². The average molecular weight is 320 g/mol. The van der Waals surface area contributed by atoms with E-state index in [4.69, 9.17) is 4.74 Å². The van der Waals surface area contributed by atoms with E-state index < -0.39 is 11.7 Å². The van der Waals surface area contributed by atoms with Crippen molar-refractivity contribution in [3.05, 3.63) is 77.6 Å². The van der Waals surface area contributed by atoms with Gasteiger partial charge in [0.2, 0.25) is 0 Å². The molecule has 0 bridgehead atoms. The lowest BCUT2D eigenvalue weighted by Gasteiger charge is -2.11. The van der Waals surface area contributed by atoms with Gasteiger partial charge >= 0.3 is 6.18 Å². The zero-order valence-electron chi connectivity index (χ0n) is 11.9. The summed E-state index contributed by atoms with van der Waals surface area (Å²) in [7, 11) is 0. The second-order valence-corrected chi connectivity index (χ2v) is 5.07. The molecule has 0 aliphatic rings. The Balaban J connectivity index is 1.80. The Morgan fingerprint density at radius 3 is 2.09 bits per heavy atom. The molecule has 0 saturated carbocycles. The minimum atomic E-state index is -4.35. The highest BCUT2D eigenvalue weighted by Gasteiger charge is 2.29. The van der Waals surface area contributed by atoms with Crippen LogP contribution in [0.5, 0.6) is 5.75 Å². The van der Waals surface area contributed by atoms with E-state index in [1.165, 1.54) is 24.3 Å². The van der Waals surface area contributed by atoms with Gasteiger partial charge in [-0.05, 0) is 29.8 Å². The Morgan fingerprint density at radius 2 is 1.43 bits per heavy atom. The van der Waals surface area contributed by atoms with Gasteiger partial charge < -0.3 is 4.74 Å². The molecule has 0 heterocycles. The first kappa shape index (κ1) is 15.3. The number of benzene rings is 3. The summed E-state index contributed by atoms with van der Waals surface area (Å²) in [5.41, 5.74) is -0.0973. The molecule has 0 spiro atoms. The lowest BCUT2D eigenvalue weighted by Crippen LogP contribution is -2.05. The van der Waals surface area contributed by atoms with Crippen LogP contribution < -0.4 is 4.74 Å². The largest absolute Gasteiger partial charge is 0.488 e. The van der Waals surface area contributed by atoms with Crippen molar-refractivity contribution in [1.82, 2.24) is 0 Å². The summed E-state index contributed by atoms with van der Waals surface area (Å²) in [5.74, 6) is 0.143. The van der Waals surface area contributed by atoms with E-state index in [0.717, 1.165) is 12.1 Å². The van der Waals surface area contributed by atoms with Crippen molar-refractivity contribution >= 4 is 10.8 Å². The van der Waals surface area contributed by atoms with Crippen LogP contribution in [0.4, 0.5) is 17.6 Å². The lowest BCUT2D eigenvalue weighted by atomic mass is 10.1. The molecular weight excluding hydrogens is 308 g/mol. The molecule has 118 valence electrons. The van der Waals surface area contributed by atoms with Crippen LogP contribution in [0.25, 0.3) is 10.8 Å². The van der Waals surface area contributed by atoms with Gasteiger partial charge in [-0.2, -0.15) is 13.2 Å². The molecule has 0 radical (unpaired) electrons. The molecule has 0 unspecified atom stereocenters. The molecule has 3 aromatic carbocycles. The fourth-order valence-electron chi connectivity index (χ4n) is 2.31. The number of rotatable bonds is 3. The molecule has 1 nitrogen and oxygen atoms in total. The maximum absolute atomic E-state index is 13.7. The van der Waals surface area contributed by atoms with Gasteiger partial charge in [-0.1, -0.05) is 36.4 Å². The fourth-order valence-corrected chi connectivity index (χ4v) is 2.31. The molecule has 23 heavy (non-hydrogen) atoms. The third-order valence-corrected chi connectivity index (χ3v) is 3.51. The Kier molecular flexibility index (Phi) is 3.94. The maximum Gasteiger partial charge on any atom is 0.416 e. The van der Waals surface area contributed by atoms with Crippen molar-refractivity contribution in [2.24, 2.45) is 0 Å². The van der Waals surface area contributed by atoms with Crippen molar-refractivity contribution in [3.63, 3.8) is 0 Å².